The number of aryl methyl sites for hydroxylation is 3. The summed E-state index contributed by atoms with van der Waals surface area (Å²) in [6.07, 6.45) is 2.75. The van der Waals surface area contributed by atoms with Crippen LogP contribution in [0.1, 0.15) is 43.4 Å². The molecule has 0 aliphatic carbocycles. The molecule has 0 spiro atoms. The summed E-state index contributed by atoms with van der Waals surface area (Å²) in [7, 11) is 1.92. The van der Waals surface area contributed by atoms with E-state index in [-0.39, 0.29) is 6.04 Å². The highest BCUT2D eigenvalue weighted by atomic mass is 35.5. The molecule has 1 atom stereocenters. The van der Waals surface area contributed by atoms with Crippen LogP contribution < -0.4 is 5.32 Å². The van der Waals surface area contributed by atoms with Gasteiger partial charge in [-0.1, -0.05) is 18.5 Å². The molecule has 2 aromatic rings. The number of hydrogen-bond acceptors (Lipinski definition) is 3. The van der Waals surface area contributed by atoms with E-state index in [1.807, 2.05) is 23.3 Å². The average Bonchev–Trinajstić information content (AvgIpc) is 2.95. The van der Waals surface area contributed by atoms with Crippen molar-refractivity contribution in [2.75, 3.05) is 6.54 Å². The number of nitrogens with one attached hydrogen (secondary N) is 1. The average molecular weight is 296 g/mol. The second-order valence-corrected chi connectivity index (χ2v) is 5.32. The smallest absolute Gasteiger partial charge is 0.0934 e. The van der Waals surface area contributed by atoms with E-state index in [1.54, 1.807) is 6.20 Å². The Morgan fingerprint density at radius 1 is 1.40 bits per heavy atom. The topological polar surface area (TPSA) is 47.7 Å². The van der Waals surface area contributed by atoms with E-state index in [9.17, 15) is 0 Å². The van der Waals surface area contributed by atoms with Gasteiger partial charge in [-0.15, -0.1) is 0 Å². The molecule has 6 heteroatoms. The molecule has 0 amide bonds. The van der Waals surface area contributed by atoms with Gasteiger partial charge in [0.1, 0.15) is 0 Å². The van der Waals surface area contributed by atoms with Gasteiger partial charge in [0.25, 0.3) is 0 Å². The van der Waals surface area contributed by atoms with Gasteiger partial charge in [-0.25, -0.2) is 0 Å². The summed E-state index contributed by atoms with van der Waals surface area (Å²) in [6.45, 7) is 8.01. The zero-order chi connectivity index (χ0) is 14.7. The third kappa shape index (κ3) is 2.88. The molecule has 5 nitrogen and oxygen atoms in total. The van der Waals surface area contributed by atoms with Crippen LogP contribution in [0.2, 0.25) is 5.02 Å². The van der Waals surface area contributed by atoms with E-state index in [1.165, 1.54) is 0 Å². The van der Waals surface area contributed by atoms with Gasteiger partial charge >= 0.3 is 0 Å². The minimum Gasteiger partial charge on any atom is -0.304 e. The molecule has 0 bridgehead atoms. The molecule has 0 aromatic carbocycles. The molecule has 2 heterocycles. The Morgan fingerprint density at radius 2 is 2.15 bits per heavy atom. The van der Waals surface area contributed by atoms with Crippen molar-refractivity contribution in [2.45, 2.75) is 39.8 Å². The maximum absolute atomic E-state index is 6.32. The second-order valence-electron chi connectivity index (χ2n) is 4.91. The zero-order valence-electron chi connectivity index (χ0n) is 12.5. The molecule has 110 valence electrons. The van der Waals surface area contributed by atoms with E-state index >= 15 is 0 Å². The van der Waals surface area contributed by atoms with Crippen LogP contribution in [0.3, 0.4) is 0 Å². The number of aromatic nitrogens is 4. The summed E-state index contributed by atoms with van der Waals surface area (Å²) in [5.74, 6) is 0. The van der Waals surface area contributed by atoms with Crippen LogP contribution in [-0.2, 0) is 13.6 Å². The van der Waals surface area contributed by atoms with Crippen molar-refractivity contribution in [1.29, 1.82) is 0 Å². The molecular formula is C14H22ClN5. The predicted molar refractivity (Wildman–Crippen MR) is 81.0 cm³/mol. The van der Waals surface area contributed by atoms with Gasteiger partial charge in [-0.2, -0.15) is 10.2 Å². The van der Waals surface area contributed by atoms with E-state index < -0.39 is 0 Å². The second kappa shape index (κ2) is 6.41. The Morgan fingerprint density at radius 3 is 2.70 bits per heavy atom. The van der Waals surface area contributed by atoms with Crippen LogP contribution in [0.25, 0.3) is 0 Å². The molecular weight excluding hydrogens is 274 g/mol. The van der Waals surface area contributed by atoms with E-state index in [4.69, 9.17) is 11.6 Å². The molecule has 20 heavy (non-hydrogen) atoms. The van der Waals surface area contributed by atoms with E-state index in [2.05, 4.69) is 35.4 Å². The Kier molecular flexibility index (Phi) is 4.83. The van der Waals surface area contributed by atoms with Gasteiger partial charge in [0, 0.05) is 13.6 Å². The summed E-state index contributed by atoms with van der Waals surface area (Å²) in [4.78, 5) is 0. The molecule has 0 saturated carbocycles. The SMILES string of the molecule is CCCNC(c1c(Cl)cnn1C)c1cc(C)nn1CC. The normalized spacial score (nSPS) is 12.8. The molecule has 0 radical (unpaired) electrons. The first-order valence-corrected chi connectivity index (χ1v) is 7.41. The predicted octanol–water partition coefficient (Wildman–Crippen LogP) is 2.69. The Labute approximate surface area is 124 Å². The van der Waals surface area contributed by atoms with Gasteiger partial charge in [0.05, 0.1) is 34.3 Å². The molecule has 1 unspecified atom stereocenters. The molecule has 2 rings (SSSR count). The van der Waals surface area contributed by atoms with Crippen molar-refractivity contribution in [3.63, 3.8) is 0 Å². The highest BCUT2D eigenvalue weighted by molar-refractivity contribution is 6.31. The van der Waals surface area contributed by atoms with Crippen molar-refractivity contribution in [1.82, 2.24) is 24.9 Å². The van der Waals surface area contributed by atoms with E-state index in [0.717, 1.165) is 36.6 Å². The van der Waals surface area contributed by atoms with Gasteiger partial charge < -0.3 is 5.32 Å². The minimum absolute atomic E-state index is 0.0103. The number of halogens is 1. The molecule has 1 N–H and O–H groups in total. The minimum atomic E-state index is 0.0103. The Balaban J connectivity index is 2.47. The largest absolute Gasteiger partial charge is 0.304 e. The summed E-state index contributed by atoms with van der Waals surface area (Å²) in [5.41, 5.74) is 3.13. The molecule has 0 fully saturated rings. The van der Waals surface area contributed by atoms with Gasteiger partial charge in [-0.05, 0) is 32.9 Å². The van der Waals surface area contributed by atoms with Crippen molar-refractivity contribution >= 4 is 11.6 Å². The summed E-state index contributed by atoms with van der Waals surface area (Å²) >= 11 is 6.32. The first kappa shape index (κ1) is 15.1. The lowest BCUT2D eigenvalue weighted by Crippen LogP contribution is -2.27. The fraction of sp³-hybridized carbons (Fsp3) is 0.571. The summed E-state index contributed by atoms with van der Waals surface area (Å²) < 4.78 is 3.85. The fourth-order valence-electron chi connectivity index (χ4n) is 2.43. The maximum atomic E-state index is 6.32. The van der Waals surface area contributed by atoms with Gasteiger partial charge in [0.15, 0.2) is 0 Å². The third-order valence-corrected chi connectivity index (χ3v) is 3.63. The van der Waals surface area contributed by atoms with Crippen LogP contribution in [0.5, 0.6) is 0 Å². The van der Waals surface area contributed by atoms with Crippen LogP contribution in [-0.4, -0.2) is 26.1 Å². The van der Waals surface area contributed by atoms with E-state index in [0.29, 0.717) is 5.02 Å². The highest BCUT2D eigenvalue weighted by Gasteiger charge is 2.24. The monoisotopic (exact) mass is 295 g/mol. The van der Waals surface area contributed by atoms with Gasteiger partial charge in [-0.3, -0.25) is 9.36 Å². The standard InChI is InChI=1S/C14H22ClN5/c1-5-7-16-13(14-11(15)9-17-19(14)4)12-8-10(3)18-20(12)6-2/h8-9,13,16H,5-7H2,1-4H3. The highest BCUT2D eigenvalue weighted by Crippen LogP contribution is 2.28. The van der Waals surface area contributed by atoms with Crippen molar-refractivity contribution in [3.05, 3.63) is 34.4 Å². The number of rotatable bonds is 6. The molecule has 0 saturated heterocycles. The first-order chi connectivity index (χ1) is 9.58. The lowest BCUT2D eigenvalue weighted by Gasteiger charge is -2.20. The van der Waals surface area contributed by atoms with Crippen LogP contribution in [0.15, 0.2) is 12.3 Å². The number of hydrogen-bond donors (Lipinski definition) is 1. The zero-order valence-corrected chi connectivity index (χ0v) is 13.3. The van der Waals surface area contributed by atoms with Crippen LogP contribution in [0.4, 0.5) is 0 Å². The van der Waals surface area contributed by atoms with Crippen LogP contribution in [0, 0.1) is 6.92 Å². The van der Waals surface area contributed by atoms with Crippen molar-refractivity contribution < 1.29 is 0 Å². The van der Waals surface area contributed by atoms with Crippen molar-refractivity contribution in [2.24, 2.45) is 7.05 Å². The summed E-state index contributed by atoms with van der Waals surface area (Å²) in [6, 6.07) is 2.12. The fourth-order valence-corrected chi connectivity index (χ4v) is 2.70. The summed E-state index contributed by atoms with van der Waals surface area (Å²) in [5, 5.41) is 13.0. The van der Waals surface area contributed by atoms with Crippen molar-refractivity contribution in [3.8, 4) is 0 Å². The molecule has 0 aliphatic heterocycles. The van der Waals surface area contributed by atoms with Gasteiger partial charge in [0.2, 0.25) is 0 Å². The molecule has 2 aromatic heterocycles. The quantitative estimate of drug-likeness (QED) is 0.891. The Hall–Kier alpha value is -1.33. The lowest BCUT2D eigenvalue weighted by atomic mass is 10.1. The maximum Gasteiger partial charge on any atom is 0.0934 e. The Bertz CT molecular complexity index is 553. The molecule has 0 aliphatic rings. The first-order valence-electron chi connectivity index (χ1n) is 7.03. The van der Waals surface area contributed by atoms with Crippen LogP contribution >= 0.6 is 11.6 Å². The number of nitrogens with zero attached hydrogens (tertiary/aromatic N) is 4. The third-order valence-electron chi connectivity index (χ3n) is 3.34. The lowest BCUT2D eigenvalue weighted by molar-refractivity contribution is 0.503.